The van der Waals surface area contributed by atoms with Gasteiger partial charge in [-0.15, -0.1) is 24.0 Å². The van der Waals surface area contributed by atoms with Crippen molar-refractivity contribution in [1.29, 1.82) is 0 Å². The molecule has 0 fully saturated rings. The minimum absolute atomic E-state index is 0. The van der Waals surface area contributed by atoms with Crippen LogP contribution in [0.25, 0.3) is 0 Å². The predicted octanol–water partition coefficient (Wildman–Crippen LogP) is 2.49. The Hall–Kier alpha value is -0.0400. The summed E-state index contributed by atoms with van der Waals surface area (Å²) in [6.07, 6.45) is 1.16. The fourth-order valence-electron chi connectivity index (χ4n) is 1.26. The summed E-state index contributed by atoms with van der Waals surface area (Å²) in [6.45, 7) is 12.1. The Morgan fingerprint density at radius 3 is 2.17 bits per heavy atom. The maximum Gasteiger partial charge on any atom is 0.191 e. The smallest absolute Gasteiger partial charge is 0.191 e. The van der Waals surface area contributed by atoms with Crippen molar-refractivity contribution in [3.8, 4) is 0 Å². The normalized spacial score (nSPS) is 11.6. The van der Waals surface area contributed by atoms with Gasteiger partial charge in [0.2, 0.25) is 0 Å². The summed E-state index contributed by atoms with van der Waals surface area (Å²) in [7, 11) is 1.79. The molecule has 110 valence electrons. The summed E-state index contributed by atoms with van der Waals surface area (Å²) < 4.78 is 5.49. The number of aliphatic imine (C=N–C) groups is 1. The number of halogens is 1. The van der Waals surface area contributed by atoms with E-state index in [9.17, 15) is 0 Å². The summed E-state index contributed by atoms with van der Waals surface area (Å²) in [5, 5.41) is 6.51. The quantitative estimate of drug-likeness (QED) is 0.298. The number of rotatable bonds is 8. The monoisotopic (exact) mass is 371 g/mol. The zero-order valence-electron chi connectivity index (χ0n) is 12.5. The summed E-state index contributed by atoms with van der Waals surface area (Å²) in [6, 6.07) is 0. The van der Waals surface area contributed by atoms with Crippen LogP contribution in [0.15, 0.2) is 4.99 Å². The van der Waals surface area contributed by atoms with Crippen molar-refractivity contribution in [2.24, 2.45) is 16.8 Å². The highest BCUT2D eigenvalue weighted by Crippen LogP contribution is 1.96. The number of ether oxygens (including phenoxy) is 1. The van der Waals surface area contributed by atoms with Crippen molar-refractivity contribution in [3.63, 3.8) is 0 Å². The van der Waals surface area contributed by atoms with Crippen molar-refractivity contribution in [3.05, 3.63) is 0 Å². The van der Waals surface area contributed by atoms with Gasteiger partial charge in [0, 0.05) is 26.7 Å². The van der Waals surface area contributed by atoms with Crippen LogP contribution in [-0.2, 0) is 4.74 Å². The SMILES string of the molecule is CN=C(NCCOCC(C)C)NCCC(C)C.I. The zero-order valence-corrected chi connectivity index (χ0v) is 14.8. The molecule has 18 heavy (non-hydrogen) atoms. The van der Waals surface area contributed by atoms with Gasteiger partial charge in [-0.25, -0.2) is 0 Å². The van der Waals surface area contributed by atoms with Gasteiger partial charge in [-0.3, -0.25) is 4.99 Å². The molecule has 0 aliphatic carbocycles. The molecule has 0 aromatic rings. The fourth-order valence-corrected chi connectivity index (χ4v) is 1.26. The van der Waals surface area contributed by atoms with E-state index in [0.717, 1.165) is 44.6 Å². The lowest BCUT2D eigenvalue weighted by Crippen LogP contribution is -2.39. The number of guanidine groups is 1. The molecule has 0 aliphatic heterocycles. The molecule has 0 aromatic heterocycles. The van der Waals surface area contributed by atoms with Crippen LogP contribution in [0.3, 0.4) is 0 Å². The van der Waals surface area contributed by atoms with E-state index in [1.165, 1.54) is 0 Å². The largest absolute Gasteiger partial charge is 0.379 e. The third-order valence-corrected chi connectivity index (χ3v) is 2.23. The molecule has 0 aliphatic rings. The summed E-state index contributed by atoms with van der Waals surface area (Å²) in [5.74, 6) is 2.17. The lowest BCUT2D eigenvalue weighted by Gasteiger charge is -2.13. The summed E-state index contributed by atoms with van der Waals surface area (Å²) in [5.41, 5.74) is 0. The van der Waals surface area contributed by atoms with Crippen LogP contribution in [0.1, 0.15) is 34.1 Å². The molecule has 0 spiro atoms. The molecule has 2 N–H and O–H groups in total. The Balaban J connectivity index is 0. The van der Waals surface area contributed by atoms with Crippen molar-refractivity contribution >= 4 is 29.9 Å². The average Bonchev–Trinajstić information content (AvgIpc) is 2.25. The molecule has 0 amide bonds. The Bertz CT molecular complexity index is 208. The molecule has 4 nitrogen and oxygen atoms in total. The second kappa shape index (κ2) is 13.4. The molecule has 0 bridgehead atoms. The Kier molecular flexibility index (Phi) is 15.1. The highest BCUT2D eigenvalue weighted by Gasteiger charge is 1.98. The van der Waals surface area contributed by atoms with E-state index in [0.29, 0.717) is 5.92 Å². The van der Waals surface area contributed by atoms with Crippen LogP contribution in [0.5, 0.6) is 0 Å². The van der Waals surface area contributed by atoms with Crippen LogP contribution in [0, 0.1) is 11.8 Å². The molecule has 0 saturated carbocycles. The van der Waals surface area contributed by atoms with Crippen molar-refractivity contribution in [2.75, 3.05) is 33.4 Å². The molecule has 0 rings (SSSR count). The van der Waals surface area contributed by atoms with E-state index >= 15 is 0 Å². The van der Waals surface area contributed by atoms with Gasteiger partial charge in [0.05, 0.1) is 6.61 Å². The van der Waals surface area contributed by atoms with Gasteiger partial charge in [0.25, 0.3) is 0 Å². The maximum absolute atomic E-state index is 5.49. The van der Waals surface area contributed by atoms with E-state index in [1.54, 1.807) is 7.05 Å². The minimum atomic E-state index is 0. The average molecular weight is 371 g/mol. The maximum atomic E-state index is 5.49. The Morgan fingerprint density at radius 1 is 1.06 bits per heavy atom. The molecular formula is C13H30IN3O. The third-order valence-electron chi connectivity index (χ3n) is 2.23. The van der Waals surface area contributed by atoms with Crippen molar-refractivity contribution in [2.45, 2.75) is 34.1 Å². The van der Waals surface area contributed by atoms with E-state index in [2.05, 4.69) is 43.3 Å². The van der Waals surface area contributed by atoms with Gasteiger partial charge in [0.15, 0.2) is 5.96 Å². The second-order valence-corrected chi connectivity index (χ2v) is 5.08. The Morgan fingerprint density at radius 2 is 1.67 bits per heavy atom. The van der Waals surface area contributed by atoms with Crippen LogP contribution >= 0.6 is 24.0 Å². The molecule has 0 heterocycles. The van der Waals surface area contributed by atoms with Gasteiger partial charge in [-0.2, -0.15) is 0 Å². The van der Waals surface area contributed by atoms with Crippen LogP contribution in [-0.4, -0.2) is 39.3 Å². The first-order chi connectivity index (χ1) is 8.06. The number of hydrogen-bond acceptors (Lipinski definition) is 2. The highest BCUT2D eigenvalue weighted by atomic mass is 127. The topological polar surface area (TPSA) is 45.7 Å². The first kappa shape index (κ1) is 20.3. The van der Waals surface area contributed by atoms with Crippen molar-refractivity contribution < 1.29 is 4.74 Å². The number of hydrogen-bond donors (Lipinski definition) is 2. The lowest BCUT2D eigenvalue weighted by atomic mass is 10.1. The van der Waals surface area contributed by atoms with Gasteiger partial charge in [-0.1, -0.05) is 27.7 Å². The lowest BCUT2D eigenvalue weighted by molar-refractivity contribution is 0.114. The van der Waals surface area contributed by atoms with Gasteiger partial charge in [-0.05, 0) is 18.3 Å². The van der Waals surface area contributed by atoms with Crippen LogP contribution in [0.2, 0.25) is 0 Å². The number of nitrogens with zero attached hydrogens (tertiary/aromatic N) is 1. The first-order valence-corrected chi connectivity index (χ1v) is 6.58. The van der Waals surface area contributed by atoms with Gasteiger partial charge in [0.1, 0.15) is 0 Å². The molecule has 0 atom stereocenters. The summed E-state index contributed by atoms with van der Waals surface area (Å²) >= 11 is 0. The van der Waals surface area contributed by atoms with E-state index < -0.39 is 0 Å². The molecule has 0 radical (unpaired) electrons. The minimum Gasteiger partial charge on any atom is -0.379 e. The van der Waals surface area contributed by atoms with Crippen molar-refractivity contribution in [1.82, 2.24) is 10.6 Å². The third kappa shape index (κ3) is 14.0. The molecular weight excluding hydrogens is 341 g/mol. The number of nitrogens with one attached hydrogen (secondary N) is 2. The Labute approximate surface area is 129 Å². The summed E-state index contributed by atoms with van der Waals surface area (Å²) in [4.78, 5) is 4.16. The van der Waals surface area contributed by atoms with Gasteiger partial charge < -0.3 is 15.4 Å². The van der Waals surface area contributed by atoms with Crippen LogP contribution in [0.4, 0.5) is 0 Å². The highest BCUT2D eigenvalue weighted by molar-refractivity contribution is 14.0. The zero-order chi connectivity index (χ0) is 13.1. The fraction of sp³-hybridized carbons (Fsp3) is 0.923. The van der Waals surface area contributed by atoms with E-state index in [-0.39, 0.29) is 24.0 Å². The molecule has 0 aromatic carbocycles. The predicted molar refractivity (Wildman–Crippen MR) is 89.9 cm³/mol. The van der Waals surface area contributed by atoms with E-state index in [4.69, 9.17) is 4.74 Å². The standard InChI is InChI=1S/C13H29N3O.HI/c1-11(2)6-7-15-13(14-5)16-8-9-17-10-12(3)4;/h11-12H,6-10H2,1-5H3,(H2,14,15,16);1H. The van der Waals surface area contributed by atoms with Gasteiger partial charge >= 0.3 is 0 Å². The molecule has 5 heteroatoms. The van der Waals surface area contributed by atoms with E-state index in [1.807, 2.05) is 0 Å². The van der Waals surface area contributed by atoms with Crippen LogP contribution < -0.4 is 10.6 Å². The molecule has 0 saturated heterocycles. The first-order valence-electron chi connectivity index (χ1n) is 6.58. The second-order valence-electron chi connectivity index (χ2n) is 5.08. The molecule has 0 unspecified atom stereocenters.